The highest BCUT2D eigenvalue weighted by atomic mass is 35.5. The van der Waals surface area contributed by atoms with Crippen molar-refractivity contribution < 1.29 is 17.6 Å². The molecule has 0 aliphatic carbocycles. The van der Waals surface area contributed by atoms with Gasteiger partial charge < -0.3 is 0 Å². The average molecular weight is 398 g/mol. The van der Waals surface area contributed by atoms with Crippen LogP contribution in [0.1, 0.15) is 5.69 Å². The number of halogens is 5. The van der Waals surface area contributed by atoms with Crippen LogP contribution in [0.3, 0.4) is 0 Å². The van der Waals surface area contributed by atoms with Crippen LogP contribution in [0.4, 0.5) is 17.6 Å². The van der Waals surface area contributed by atoms with Crippen LogP contribution < -0.4 is 0 Å². The van der Waals surface area contributed by atoms with Gasteiger partial charge in [-0.25, -0.2) is 14.1 Å². The molecule has 0 N–H and O–H groups in total. The number of fused-ring (bicyclic) bond motifs is 1. The van der Waals surface area contributed by atoms with Gasteiger partial charge in [0, 0.05) is 10.6 Å². The Balaban J connectivity index is 1.89. The Bertz CT molecular complexity index is 1100. The van der Waals surface area contributed by atoms with Gasteiger partial charge in [-0.3, -0.25) is 0 Å². The van der Waals surface area contributed by atoms with E-state index in [4.69, 9.17) is 11.6 Å². The topological polar surface area (TPSA) is 30.7 Å². The standard InChI is InChI=1S/C17H8ClF4N3S/c18-10-3-1-9(2-4-10)13-8-15(17(20,21)22)25(24-13)16-23-12-6-5-11(19)7-14(12)26-16/h1-8H. The zero-order valence-electron chi connectivity index (χ0n) is 12.8. The number of rotatable bonds is 2. The van der Waals surface area contributed by atoms with Crippen molar-refractivity contribution in [3.63, 3.8) is 0 Å². The molecular formula is C17H8ClF4N3S. The first-order chi connectivity index (χ1) is 12.3. The smallest absolute Gasteiger partial charge is 0.218 e. The highest BCUT2D eigenvalue weighted by molar-refractivity contribution is 7.20. The van der Waals surface area contributed by atoms with E-state index in [9.17, 15) is 17.6 Å². The summed E-state index contributed by atoms with van der Waals surface area (Å²) in [4.78, 5) is 4.15. The first-order valence-electron chi connectivity index (χ1n) is 7.31. The lowest BCUT2D eigenvalue weighted by molar-refractivity contribution is -0.142. The maximum atomic E-state index is 13.5. The average Bonchev–Trinajstić information content (AvgIpc) is 3.18. The van der Waals surface area contributed by atoms with Crippen molar-refractivity contribution >= 4 is 33.2 Å². The van der Waals surface area contributed by atoms with Gasteiger partial charge in [-0.05, 0) is 36.4 Å². The van der Waals surface area contributed by atoms with E-state index in [1.807, 2.05) is 0 Å². The molecule has 26 heavy (non-hydrogen) atoms. The van der Waals surface area contributed by atoms with Gasteiger partial charge in [-0.15, -0.1) is 0 Å². The van der Waals surface area contributed by atoms with Crippen LogP contribution in [-0.4, -0.2) is 14.8 Å². The number of nitrogens with zero attached hydrogens (tertiary/aromatic N) is 3. The molecule has 2 aromatic carbocycles. The zero-order valence-corrected chi connectivity index (χ0v) is 14.3. The maximum Gasteiger partial charge on any atom is 0.433 e. The third-order valence-corrected chi connectivity index (χ3v) is 4.91. The Hall–Kier alpha value is -2.45. The Morgan fingerprint density at radius 3 is 2.42 bits per heavy atom. The van der Waals surface area contributed by atoms with Crippen molar-refractivity contribution in [2.24, 2.45) is 0 Å². The van der Waals surface area contributed by atoms with Crippen LogP contribution in [0.2, 0.25) is 5.02 Å². The molecule has 4 rings (SSSR count). The number of thiazole rings is 1. The lowest BCUT2D eigenvalue weighted by atomic mass is 10.1. The lowest BCUT2D eigenvalue weighted by Gasteiger charge is -2.06. The molecule has 132 valence electrons. The monoisotopic (exact) mass is 397 g/mol. The van der Waals surface area contributed by atoms with Crippen molar-refractivity contribution in [2.75, 3.05) is 0 Å². The first kappa shape index (κ1) is 17.0. The third kappa shape index (κ3) is 3.06. The molecule has 0 fully saturated rings. The van der Waals surface area contributed by atoms with Crippen LogP contribution >= 0.6 is 22.9 Å². The van der Waals surface area contributed by atoms with Crippen LogP contribution in [0.5, 0.6) is 0 Å². The Morgan fingerprint density at radius 1 is 1.00 bits per heavy atom. The zero-order chi connectivity index (χ0) is 18.5. The predicted molar refractivity (Wildman–Crippen MR) is 92.1 cm³/mol. The number of hydrogen-bond acceptors (Lipinski definition) is 3. The van der Waals surface area contributed by atoms with Gasteiger partial charge in [-0.2, -0.15) is 18.3 Å². The molecule has 0 atom stereocenters. The molecule has 2 heterocycles. The van der Waals surface area contributed by atoms with E-state index in [0.29, 0.717) is 20.8 Å². The molecule has 0 aliphatic heterocycles. The van der Waals surface area contributed by atoms with E-state index in [0.717, 1.165) is 22.1 Å². The van der Waals surface area contributed by atoms with Gasteiger partial charge in [-0.1, -0.05) is 35.1 Å². The van der Waals surface area contributed by atoms with E-state index in [2.05, 4.69) is 10.1 Å². The second-order valence-corrected chi connectivity index (χ2v) is 6.89. The van der Waals surface area contributed by atoms with Crippen LogP contribution in [-0.2, 0) is 6.18 Å². The summed E-state index contributed by atoms with van der Waals surface area (Å²) in [5.74, 6) is -0.480. The van der Waals surface area contributed by atoms with E-state index >= 15 is 0 Å². The third-order valence-electron chi connectivity index (χ3n) is 3.66. The summed E-state index contributed by atoms with van der Waals surface area (Å²) < 4.78 is 55.0. The number of alkyl halides is 3. The normalized spacial score (nSPS) is 12.0. The van der Waals surface area contributed by atoms with Crippen molar-refractivity contribution in [3.05, 3.63) is 65.1 Å². The maximum absolute atomic E-state index is 13.5. The summed E-state index contributed by atoms with van der Waals surface area (Å²) in [6.07, 6.45) is -4.62. The second kappa shape index (κ2) is 6.07. The summed E-state index contributed by atoms with van der Waals surface area (Å²) >= 11 is 6.75. The van der Waals surface area contributed by atoms with Gasteiger partial charge in [0.05, 0.1) is 15.9 Å². The molecule has 4 aromatic rings. The minimum Gasteiger partial charge on any atom is -0.218 e. The molecule has 0 amide bonds. The quantitative estimate of drug-likeness (QED) is 0.391. The molecule has 2 aromatic heterocycles. The SMILES string of the molecule is Fc1ccc2nc(-n3nc(-c4ccc(Cl)cc4)cc3C(F)(F)F)sc2c1. The molecule has 0 saturated carbocycles. The number of benzene rings is 2. The molecule has 3 nitrogen and oxygen atoms in total. The van der Waals surface area contributed by atoms with Gasteiger partial charge in [0.2, 0.25) is 5.13 Å². The predicted octanol–water partition coefficient (Wildman–Crippen LogP) is 5.96. The molecule has 0 bridgehead atoms. The largest absolute Gasteiger partial charge is 0.433 e. The van der Waals surface area contributed by atoms with Crippen LogP contribution in [0, 0.1) is 5.82 Å². The minimum atomic E-state index is -4.62. The van der Waals surface area contributed by atoms with Crippen molar-refractivity contribution in [3.8, 4) is 16.4 Å². The van der Waals surface area contributed by atoms with Gasteiger partial charge in [0.25, 0.3) is 0 Å². The van der Waals surface area contributed by atoms with Crippen LogP contribution in [0.15, 0.2) is 48.5 Å². The first-order valence-corrected chi connectivity index (χ1v) is 8.50. The minimum absolute atomic E-state index is 0.0122. The van der Waals surface area contributed by atoms with Crippen molar-refractivity contribution in [1.82, 2.24) is 14.8 Å². The van der Waals surface area contributed by atoms with Gasteiger partial charge in [0.15, 0.2) is 5.69 Å². The van der Waals surface area contributed by atoms with Crippen LogP contribution in [0.25, 0.3) is 26.6 Å². The van der Waals surface area contributed by atoms with E-state index in [1.54, 1.807) is 24.3 Å². The highest BCUT2D eigenvalue weighted by Gasteiger charge is 2.37. The number of hydrogen-bond donors (Lipinski definition) is 0. The summed E-state index contributed by atoms with van der Waals surface area (Å²) in [5, 5.41) is 4.55. The molecular weight excluding hydrogens is 390 g/mol. The summed E-state index contributed by atoms with van der Waals surface area (Å²) in [5.41, 5.74) is 0.0790. The highest BCUT2D eigenvalue weighted by Crippen LogP contribution is 2.36. The van der Waals surface area contributed by atoms with Crippen molar-refractivity contribution in [2.45, 2.75) is 6.18 Å². The fourth-order valence-electron chi connectivity index (χ4n) is 2.47. The Kier molecular flexibility index (Phi) is 3.96. The summed E-state index contributed by atoms with van der Waals surface area (Å²) in [7, 11) is 0. The van der Waals surface area contributed by atoms with E-state index < -0.39 is 17.7 Å². The fourth-order valence-corrected chi connectivity index (χ4v) is 3.55. The molecule has 0 unspecified atom stereocenters. The molecule has 9 heteroatoms. The molecule has 0 aliphatic rings. The Labute approximate surface area is 153 Å². The Morgan fingerprint density at radius 2 is 1.73 bits per heavy atom. The lowest BCUT2D eigenvalue weighted by Crippen LogP contribution is -2.12. The summed E-state index contributed by atoms with van der Waals surface area (Å²) in [6.45, 7) is 0. The molecule has 0 radical (unpaired) electrons. The number of aromatic nitrogens is 3. The van der Waals surface area contributed by atoms with E-state index in [1.165, 1.54) is 18.2 Å². The molecule has 0 spiro atoms. The summed E-state index contributed by atoms with van der Waals surface area (Å²) in [6, 6.07) is 11.1. The van der Waals surface area contributed by atoms with E-state index in [-0.39, 0.29) is 10.8 Å². The van der Waals surface area contributed by atoms with Gasteiger partial charge in [0.1, 0.15) is 5.82 Å². The fraction of sp³-hybridized carbons (Fsp3) is 0.0588. The second-order valence-electron chi connectivity index (χ2n) is 5.44. The molecule has 0 saturated heterocycles. The van der Waals surface area contributed by atoms with Crippen molar-refractivity contribution in [1.29, 1.82) is 0 Å². The van der Waals surface area contributed by atoms with Gasteiger partial charge >= 0.3 is 6.18 Å².